The van der Waals surface area contributed by atoms with Gasteiger partial charge in [-0.2, -0.15) is 4.31 Å². The summed E-state index contributed by atoms with van der Waals surface area (Å²) < 4.78 is 35.5. The van der Waals surface area contributed by atoms with Crippen LogP contribution in [0.25, 0.3) is 22.7 Å². The van der Waals surface area contributed by atoms with Crippen molar-refractivity contribution in [3.63, 3.8) is 0 Å². The van der Waals surface area contributed by atoms with Crippen LogP contribution in [-0.4, -0.2) is 40.3 Å². The molecule has 3 aromatic heterocycles. The third-order valence-corrected chi connectivity index (χ3v) is 7.73. The van der Waals surface area contributed by atoms with Crippen LogP contribution in [0.1, 0.15) is 18.0 Å². The van der Waals surface area contributed by atoms with Crippen LogP contribution < -0.4 is 0 Å². The van der Waals surface area contributed by atoms with E-state index in [-0.39, 0.29) is 10.9 Å². The lowest BCUT2D eigenvalue weighted by Gasteiger charge is -2.18. The van der Waals surface area contributed by atoms with Crippen molar-refractivity contribution in [2.24, 2.45) is 0 Å². The summed E-state index contributed by atoms with van der Waals surface area (Å²) in [6.45, 7) is 2.57. The Balaban J connectivity index is 1.53. The average molecular weight is 443 g/mol. The molecule has 30 heavy (non-hydrogen) atoms. The zero-order valence-electron chi connectivity index (χ0n) is 16.2. The first-order valence-corrected chi connectivity index (χ1v) is 11.4. The number of aryl methyl sites for hydroxylation is 1. The van der Waals surface area contributed by atoms with Crippen molar-refractivity contribution in [1.29, 1.82) is 0 Å². The van der Waals surface area contributed by atoms with Crippen LogP contribution in [0.5, 0.6) is 0 Å². The van der Waals surface area contributed by atoms with Crippen LogP contribution in [0.2, 0.25) is 5.02 Å². The summed E-state index contributed by atoms with van der Waals surface area (Å²) in [4.78, 5) is 9.39. The van der Waals surface area contributed by atoms with Crippen LogP contribution in [0, 0.1) is 6.92 Å². The summed E-state index contributed by atoms with van der Waals surface area (Å²) in [6, 6.07) is 12.1. The smallest absolute Gasteiger partial charge is 0.243 e. The van der Waals surface area contributed by atoms with Crippen molar-refractivity contribution in [3.05, 3.63) is 65.5 Å². The molecular weight excluding hydrogens is 424 g/mol. The van der Waals surface area contributed by atoms with E-state index in [0.717, 1.165) is 11.1 Å². The summed E-state index contributed by atoms with van der Waals surface area (Å²) in [5.41, 5.74) is 2.30. The van der Waals surface area contributed by atoms with Gasteiger partial charge < -0.3 is 8.98 Å². The van der Waals surface area contributed by atoms with Crippen molar-refractivity contribution in [2.75, 3.05) is 13.1 Å². The molecule has 1 atom stereocenters. The molecule has 0 saturated carbocycles. The van der Waals surface area contributed by atoms with Crippen LogP contribution in [0.3, 0.4) is 0 Å². The van der Waals surface area contributed by atoms with Crippen LogP contribution in [0.4, 0.5) is 0 Å². The molecule has 0 aliphatic carbocycles. The van der Waals surface area contributed by atoms with Crippen molar-refractivity contribution in [3.8, 4) is 11.6 Å². The van der Waals surface area contributed by atoms with Gasteiger partial charge in [-0.25, -0.2) is 18.4 Å². The minimum atomic E-state index is -3.65. The fraction of sp³-hybridized carbons (Fsp3) is 0.238. The van der Waals surface area contributed by atoms with Crippen molar-refractivity contribution in [2.45, 2.75) is 24.3 Å². The number of imidazole rings is 1. The minimum Gasteiger partial charge on any atom is -0.461 e. The monoisotopic (exact) mass is 442 g/mol. The van der Waals surface area contributed by atoms with Crippen molar-refractivity contribution >= 4 is 32.8 Å². The molecule has 154 valence electrons. The van der Waals surface area contributed by atoms with Crippen molar-refractivity contribution < 1.29 is 12.8 Å². The molecule has 0 radical (unpaired) electrons. The Morgan fingerprint density at radius 1 is 1.20 bits per heavy atom. The number of fused-ring (bicyclic) bond motifs is 1. The van der Waals surface area contributed by atoms with Crippen molar-refractivity contribution in [1.82, 2.24) is 18.8 Å². The molecule has 7 nitrogen and oxygen atoms in total. The number of sulfonamides is 1. The van der Waals surface area contributed by atoms with E-state index in [2.05, 4.69) is 9.97 Å². The van der Waals surface area contributed by atoms with E-state index in [9.17, 15) is 8.42 Å². The molecule has 1 fully saturated rings. The predicted molar refractivity (Wildman–Crippen MR) is 114 cm³/mol. The Bertz CT molecular complexity index is 1330. The van der Waals surface area contributed by atoms with E-state index in [1.165, 1.54) is 10.4 Å². The van der Waals surface area contributed by atoms with Gasteiger partial charge in [-0.05, 0) is 55.3 Å². The summed E-state index contributed by atoms with van der Waals surface area (Å²) >= 11 is 6.17. The average Bonchev–Trinajstić information content (AvgIpc) is 3.48. The van der Waals surface area contributed by atoms with Gasteiger partial charge in [-0.1, -0.05) is 17.7 Å². The first-order valence-electron chi connectivity index (χ1n) is 9.58. The van der Waals surface area contributed by atoms with E-state index >= 15 is 0 Å². The molecule has 0 amide bonds. The van der Waals surface area contributed by atoms with E-state index in [1.807, 2.05) is 29.7 Å². The Hall–Kier alpha value is -2.68. The Kier molecular flexibility index (Phi) is 4.65. The second kappa shape index (κ2) is 7.23. The van der Waals surface area contributed by atoms with E-state index < -0.39 is 10.0 Å². The molecule has 0 N–H and O–H groups in total. The van der Waals surface area contributed by atoms with Gasteiger partial charge in [-0.15, -0.1) is 0 Å². The molecule has 1 saturated heterocycles. The second-order valence-electron chi connectivity index (χ2n) is 7.35. The van der Waals surface area contributed by atoms with Gasteiger partial charge in [-0.3, -0.25) is 0 Å². The molecule has 0 spiro atoms. The molecule has 1 aromatic carbocycles. The van der Waals surface area contributed by atoms with Crippen LogP contribution in [-0.2, 0) is 10.0 Å². The van der Waals surface area contributed by atoms with Gasteiger partial charge in [0.05, 0.1) is 17.2 Å². The van der Waals surface area contributed by atoms with Gasteiger partial charge in [0.1, 0.15) is 5.52 Å². The van der Waals surface area contributed by atoms with Gasteiger partial charge in [0.15, 0.2) is 17.2 Å². The predicted octanol–water partition coefficient (Wildman–Crippen LogP) is 4.29. The van der Waals surface area contributed by atoms with E-state index in [4.69, 9.17) is 16.0 Å². The highest BCUT2D eigenvalue weighted by Crippen LogP contribution is 2.34. The fourth-order valence-electron chi connectivity index (χ4n) is 3.88. The number of hydrogen-bond donors (Lipinski definition) is 0. The Morgan fingerprint density at radius 2 is 2.07 bits per heavy atom. The first-order chi connectivity index (χ1) is 14.4. The standard InChI is InChI=1S/C21H19ClN4O3S/c1-14-6-7-16(12-17(14)22)30(27,28)25-10-8-15(13-25)26-20-18(4-2-9-23-20)24-21(26)19-5-3-11-29-19/h2-7,9,11-12,15H,8,10,13H2,1H3/t15-/m0/s1. The summed E-state index contributed by atoms with van der Waals surface area (Å²) in [5.74, 6) is 1.27. The number of nitrogens with zero attached hydrogens (tertiary/aromatic N) is 4. The van der Waals surface area contributed by atoms with Gasteiger partial charge in [0.2, 0.25) is 10.0 Å². The zero-order chi connectivity index (χ0) is 20.9. The zero-order valence-corrected chi connectivity index (χ0v) is 17.8. The first kappa shape index (κ1) is 19.3. The topological polar surface area (TPSA) is 81.2 Å². The largest absolute Gasteiger partial charge is 0.461 e. The van der Waals surface area contributed by atoms with E-state index in [0.29, 0.717) is 41.8 Å². The molecule has 4 heterocycles. The molecule has 9 heteroatoms. The number of rotatable bonds is 4. The number of hydrogen-bond acceptors (Lipinski definition) is 5. The SMILES string of the molecule is Cc1ccc(S(=O)(=O)N2CC[C@H](n3c(-c4ccco4)nc4cccnc43)C2)cc1Cl. The summed E-state index contributed by atoms with van der Waals surface area (Å²) in [5, 5.41) is 0.441. The maximum Gasteiger partial charge on any atom is 0.243 e. The molecular formula is C21H19ClN4O3S. The number of pyridine rings is 1. The molecule has 1 aliphatic rings. The number of furan rings is 1. The molecule has 1 aliphatic heterocycles. The highest BCUT2D eigenvalue weighted by molar-refractivity contribution is 7.89. The second-order valence-corrected chi connectivity index (χ2v) is 9.69. The van der Waals surface area contributed by atoms with Gasteiger partial charge in [0.25, 0.3) is 0 Å². The molecule has 5 rings (SSSR count). The third kappa shape index (κ3) is 3.12. The maximum atomic E-state index is 13.2. The van der Waals surface area contributed by atoms with Gasteiger partial charge in [0, 0.05) is 24.3 Å². The lowest BCUT2D eigenvalue weighted by atomic mass is 10.2. The highest BCUT2D eigenvalue weighted by atomic mass is 35.5. The normalized spacial score (nSPS) is 17.7. The summed E-state index contributed by atoms with van der Waals surface area (Å²) in [6.07, 6.45) is 3.96. The summed E-state index contributed by atoms with van der Waals surface area (Å²) in [7, 11) is -3.65. The lowest BCUT2D eigenvalue weighted by Crippen LogP contribution is -2.29. The number of benzene rings is 1. The molecule has 0 unspecified atom stereocenters. The number of aromatic nitrogens is 3. The Morgan fingerprint density at radius 3 is 2.83 bits per heavy atom. The molecule has 4 aromatic rings. The van der Waals surface area contributed by atoms with E-state index in [1.54, 1.807) is 30.7 Å². The van der Waals surface area contributed by atoms with Crippen LogP contribution in [0.15, 0.2) is 64.2 Å². The lowest BCUT2D eigenvalue weighted by molar-refractivity contribution is 0.453. The van der Waals surface area contributed by atoms with Crippen LogP contribution >= 0.6 is 11.6 Å². The molecule has 0 bridgehead atoms. The fourth-order valence-corrected chi connectivity index (χ4v) is 5.64. The third-order valence-electron chi connectivity index (χ3n) is 5.46. The minimum absolute atomic E-state index is 0.110. The Labute approximate surface area is 179 Å². The number of halogens is 1. The van der Waals surface area contributed by atoms with Gasteiger partial charge >= 0.3 is 0 Å². The highest BCUT2D eigenvalue weighted by Gasteiger charge is 2.35. The quantitative estimate of drug-likeness (QED) is 0.471. The maximum absolute atomic E-state index is 13.2.